The van der Waals surface area contributed by atoms with Crippen molar-refractivity contribution in [2.45, 2.75) is 6.54 Å². The molecule has 0 aliphatic rings. The Hall–Kier alpha value is -2.13. The highest BCUT2D eigenvalue weighted by molar-refractivity contribution is 5.55. The van der Waals surface area contributed by atoms with E-state index >= 15 is 0 Å². The molecule has 1 aromatic rings. The summed E-state index contributed by atoms with van der Waals surface area (Å²) in [6.45, 7) is -0.0524. The predicted octanol–water partition coefficient (Wildman–Crippen LogP) is 0.934. The third-order valence-corrected chi connectivity index (χ3v) is 1.96. The molecule has 0 saturated carbocycles. The van der Waals surface area contributed by atoms with Gasteiger partial charge in [0.05, 0.1) is 35.3 Å². The van der Waals surface area contributed by atoms with E-state index in [0.29, 0.717) is 0 Å². The minimum absolute atomic E-state index is 0.0524. The van der Waals surface area contributed by atoms with Crippen molar-refractivity contribution in [1.82, 2.24) is 0 Å². The van der Waals surface area contributed by atoms with Gasteiger partial charge in [0.2, 0.25) is 0 Å². The number of nitriles is 1. The third kappa shape index (κ3) is 2.03. The first-order valence-corrected chi connectivity index (χ1v) is 4.09. The monoisotopic (exact) mass is 207 g/mol. The van der Waals surface area contributed by atoms with Gasteiger partial charge in [0.25, 0.3) is 5.69 Å². The Bertz CT molecular complexity index is 437. The average molecular weight is 207 g/mol. The molecule has 6 heteroatoms. The molecular formula is C9H9N3O3. The van der Waals surface area contributed by atoms with E-state index in [0.717, 1.165) is 0 Å². The fourth-order valence-corrected chi connectivity index (χ4v) is 1.23. The molecule has 0 spiro atoms. The lowest BCUT2D eigenvalue weighted by atomic mass is 10.1. The molecule has 0 aliphatic carbocycles. The summed E-state index contributed by atoms with van der Waals surface area (Å²) in [6.07, 6.45) is 0. The Labute approximate surface area is 86.0 Å². The van der Waals surface area contributed by atoms with Crippen LogP contribution in [0.25, 0.3) is 0 Å². The number of nitrogens with zero attached hydrogens (tertiary/aromatic N) is 2. The van der Waals surface area contributed by atoms with Gasteiger partial charge in [0, 0.05) is 6.54 Å². The van der Waals surface area contributed by atoms with E-state index in [9.17, 15) is 10.1 Å². The van der Waals surface area contributed by atoms with Crippen molar-refractivity contribution in [1.29, 1.82) is 5.26 Å². The van der Waals surface area contributed by atoms with Crippen LogP contribution in [-0.2, 0) is 6.54 Å². The van der Waals surface area contributed by atoms with Gasteiger partial charge in [0.15, 0.2) is 0 Å². The molecule has 0 heterocycles. The van der Waals surface area contributed by atoms with Gasteiger partial charge in [-0.3, -0.25) is 10.1 Å². The molecule has 1 rings (SSSR count). The van der Waals surface area contributed by atoms with Crippen LogP contribution in [0.5, 0.6) is 5.75 Å². The van der Waals surface area contributed by atoms with Crippen LogP contribution in [0.15, 0.2) is 12.1 Å². The first kappa shape index (κ1) is 10.9. The van der Waals surface area contributed by atoms with Crippen LogP contribution >= 0.6 is 0 Å². The Morgan fingerprint density at radius 3 is 2.73 bits per heavy atom. The lowest BCUT2D eigenvalue weighted by Crippen LogP contribution is -2.05. The molecular weight excluding hydrogens is 198 g/mol. The maximum absolute atomic E-state index is 10.7. The van der Waals surface area contributed by atoms with Gasteiger partial charge in [0.1, 0.15) is 5.75 Å². The molecule has 1 aromatic carbocycles. The number of hydrogen-bond acceptors (Lipinski definition) is 5. The highest BCUT2D eigenvalue weighted by Gasteiger charge is 2.18. The van der Waals surface area contributed by atoms with Crippen molar-refractivity contribution in [2.24, 2.45) is 5.73 Å². The smallest absolute Gasteiger partial charge is 0.278 e. The van der Waals surface area contributed by atoms with E-state index in [1.54, 1.807) is 0 Å². The summed E-state index contributed by atoms with van der Waals surface area (Å²) in [5.41, 5.74) is 5.57. The van der Waals surface area contributed by atoms with E-state index in [-0.39, 0.29) is 29.1 Å². The van der Waals surface area contributed by atoms with E-state index < -0.39 is 4.92 Å². The van der Waals surface area contributed by atoms with E-state index in [1.807, 2.05) is 6.07 Å². The third-order valence-electron chi connectivity index (χ3n) is 1.96. The Kier molecular flexibility index (Phi) is 3.21. The zero-order valence-corrected chi connectivity index (χ0v) is 8.06. The van der Waals surface area contributed by atoms with Crippen molar-refractivity contribution >= 4 is 5.69 Å². The SMILES string of the molecule is COc1cc(C#N)c(CN)c([N+](=O)[O-])c1. The minimum atomic E-state index is -0.578. The molecule has 0 saturated heterocycles. The summed E-state index contributed by atoms with van der Waals surface area (Å²) >= 11 is 0. The number of nitro benzene ring substituents is 1. The van der Waals surface area contributed by atoms with Crippen molar-refractivity contribution in [2.75, 3.05) is 7.11 Å². The highest BCUT2D eigenvalue weighted by Crippen LogP contribution is 2.27. The topological polar surface area (TPSA) is 102 Å². The molecule has 15 heavy (non-hydrogen) atoms. The number of hydrogen-bond donors (Lipinski definition) is 1. The predicted molar refractivity (Wildman–Crippen MR) is 52.3 cm³/mol. The highest BCUT2D eigenvalue weighted by atomic mass is 16.6. The van der Waals surface area contributed by atoms with Gasteiger partial charge in [-0.15, -0.1) is 0 Å². The Morgan fingerprint density at radius 2 is 2.33 bits per heavy atom. The largest absolute Gasteiger partial charge is 0.496 e. The van der Waals surface area contributed by atoms with Gasteiger partial charge >= 0.3 is 0 Å². The fraction of sp³-hybridized carbons (Fsp3) is 0.222. The summed E-state index contributed by atoms with van der Waals surface area (Å²) in [5.74, 6) is 0.274. The van der Waals surface area contributed by atoms with E-state index in [1.165, 1.54) is 19.2 Å². The van der Waals surface area contributed by atoms with Crippen LogP contribution < -0.4 is 10.5 Å². The van der Waals surface area contributed by atoms with Crippen LogP contribution in [0, 0.1) is 21.4 Å². The molecule has 0 atom stereocenters. The molecule has 2 N–H and O–H groups in total. The summed E-state index contributed by atoms with van der Waals surface area (Å²) in [7, 11) is 1.38. The van der Waals surface area contributed by atoms with Crippen molar-refractivity contribution in [3.63, 3.8) is 0 Å². The van der Waals surface area contributed by atoms with E-state index in [4.69, 9.17) is 15.7 Å². The molecule has 0 aromatic heterocycles. The molecule has 0 radical (unpaired) electrons. The molecule has 0 amide bonds. The van der Waals surface area contributed by atoms with Crippen LogP contribution in [-0.4, -0.2) is 12.0 Å². The van der Waals surface area contributed by atoms with Crippen molar-refractivity contribution in [3.8, 4) is 11.8 Å². The van der Waals surface area contributed by atoms with Crippen molar-refractivity contribution < 1.29 is 9.66 Å². The van der Waals surface area contributed by atoms with Gasteiger partial charge in [-0.2, -0.15) is 5.26 Å². The van der Waals surface area contributed by atoms with Crippen molar-refractivity contribution in [3.05, 3.63) is 33.4 Å². The molecule has 78 valence electrons. The van der Waals surface area contributed by atoms with Crippen LogP contribution in [0.3, 0.4) is 0 Å². The lowest BCUT2D eigenvalue weighted by molar-refractivity contribution is -0.385. The normalized spacial score (nSPS) is 9.40. The minimum Gasteiger partial charge on any atom is -0.496 e. The van der Waals surface area contributed by atoms with Gasteiger partial charge in [-0.05, 0) is 6.07 Å². The zero-order chi connectivity index (χ0) is 11.4. The second-order valence-corrected chi connectivity index (χ2v) is 2.75. The maximum Gasteiger partial charge on any atom is 0.278 e. The van der Waals surface area contributed by atoms with Gasteiger partial charge in [-0.1, -0.05) is 0 Å². The summed E-state index contributed by atoms with van der Waals surface area (Å²) in [5, 5.41) is 19.5. The van der Waals surface area contributed by atoms with Gasteiger partial charge < -0.3 is 10.5 Å². The second kappa shape index (κ2) is 4.39. The maximum atomic E-state index is 10.7. The fourth-order valence-electron chi connectivity index (χ4n) is 1.23. The van der Waals surface area contributed by atoms with E-state index in [2.05, 4.69) is 0 Å². The molecule has 0 fully saturated rings. The average Bonchev–Trinajstić information content (AvgIpc) is 2.26. The number of nitrogens with two attached hydrogens (primary N) is 1. The zero-order valence-electron chi connectivity index (χ0n) is 8.06. The Morgan fingerprint density at radius 1 is 1.67 bits per heavy atom. The van der Waals surface area contributed by atoms with Gasteiger partial charge in [-0.25, -0.2) is 0 Å². The quantitative estimate of drug-likeness (QED) is 0.586. The van der Waals surface area contributed by atoms with Crippen LogP contribution in [0.4, 0.5) is 5.69 Å². The van der Waals surface area contributed by atoms with Crippen LogP contribution in [0.1, 0.15) is 11.1 Å². The second-order valence-electron chi connectivity index (χ2n) is 2.75. The molecule has 6 nitrogen and oxygen atoms in total. The lowest BCUT2D eigenvalue weighted by Gasteiger charge is -2.05. The number of nitro groups is 1. The number of benzene rings is 1. The summed E-state index contributed by atoms with van der Waals surface area (Å²) in [4.78, 5) is 10.1. The summed E-state index contributed by atoms with van der Waals surface area (Å²) in [6, 6.07) is 4.53. The number of methoxy groups -OCH3 is 1. The standard InChI is InChI=1S/C9H9N3O3/c1-15-7-2-6(4-10)8(5-11)9(3-7)12(13)14/h2-3H,5,11H2,1H3. The molecule has 0 bridgehead atoms. The first-order chi connectivity index (χ1) is 7.13. The van der Waals surface area contributed by atoms with Crippen LogP contribution in [0.2, 0.25) is 0 Å². The molecule has 0 unspecified atom stereocenters. The first-order valence-electron chi connectivity index (χ1n) is 4.09. The Balaban J connectivity index is 3.48. The number of rotatable bonds is 3. The summed E-state index contributed by atoms with van der Waals surface area (Å²) < 4.78 is 4.85. The number of ether oxygens (including phenoxy) is 1. The molecule has 0 aliphatic heterocycles.